The average molecular weight is 326 g/mol. The fraction of sp³-hybridized carbons (Fsp3) is 0.474. The standard InChI is InChI=1S/C19H26N4O/c1-14-17(16-10-6-7-11-18(16)23(14)2)12-21-22-19(24)13-20-15-8-4-3-5-9-15/h6-7,10-12,15,20H,3-5,8-9,13H2,1-2H3,(H,22,24)/b21-12-. The number of hydrazone groups is 1. The first-order chi connectivity index (χ1) is 11.7. The summed E-state index contributed by atoms with van der Waals surface area (Å²) in [5.74, 6) is -0.0882. The van der Waals surface area contributed by atoms with Crippen molar-refractivity contribution in [3.63, 3.8) is 0 Å². The van der Waals surface area contributed by atoms with Gasteiger partial charge in [-0.3, -0.25) is 4.79 Å². The van der Waals surface area contributed by atoms with Crippen LogP contribution in [0.3, 0.4) is 0 Å². The molecule has 0 spiro atoms. The van der Waals surface area contributed by atoms with Crippen LogP contribution in [0.5, 0.6) is 0 Å². The molecule has 2 aromatic rings. The van der Waals surface area contributed by atoms with Gasteiger partial charge in [-0.05, 0) is 25.8 Å². The zero-order valence-electron chi connectivity index (χ0n) is 14.5. The lowest BCUT2D eigenvalue weighted by atomic mass is 9.95. The lowest BCUT2D eigenvalue weighted by Crippen LogP contribution is -2.38. The van der Waals surface area contributed by atoms with Crippen LogP contribution in [0.25, 0.3) is 10.9 Å². The molecule has 5 heteroatoms. The first kappa shape index (κ1) is 16.7. The zero-order valence-corrected chi connectivity index (χ0v) is 14.5. The van der Waals surface area contributed by atoms with E-state index in [1.165, 1.54) is 37.6 Å². The maximum absolute atomic E-state index is 11.9. The number of nitrogens with zero attached hydrogens (tertiary/aromatic N) is 2. The van der Waals surface area contributed by atoms with Crippen LogP contribution in [0.15, 0.2) is 29.4 Å². The second kappa shape index (κ2) is 7.62. The summed E-state index contributed by atoms with van der Waals surface area (Å²) in [7, 11) is 2.04. The molecule has 0 saturated heterocycles. The Kier molecular flexibility index (Phi) is 5.30. The minimum Gasteiger partial charge on any atom is -0.347 e. The Labute approximate surface area is 143 Å². The molecule has 5 nitrogen and oxygen atoms in total. The molecule has 0 bridgehead atoms. The minimum atomic E-state index is -0.0882. The number of hydrogen-bond donors (Lipinski definition) is 2. The Morgan fingerprint density at radius 2 is 2.04 bits per heavy atom. The third-order valence-electron chi connectivity index (χ3n) is 4.99. The monoisotopic (exact) mass is 326 g/mol. The molecule has 1 fully saturated rings. The van der Waals surface area contributed by atoms with Gasteiger partial charge in [0.25, 0.3) is 5.91 Å². The summed E-state index contributed by atoms with van der Waals surface area (Å²) in [6, 6.07) is 8.70. The van der Waals surface area contributed by atoms with Crippen LogP contribution in [0.2, 0.25) is 0 Å². The molecule has 0 radical (unpaired) electrons. The highest BCUT2D eigenvalue weighted by atomic mass is 16.2. The minimum absolute atomic E-state index is 0.0882. The number of benzene rings is 1. The summed E-state index contributed by atoms with van der Waals surface area (Å²) in [5, 5.41) is 8.63. The van der Waals surface area contributed by atoms with E-state index in [2.05, 4.69) is 39.5 Å². The summed E-state index contributed by atoms with van der Waals surface area (Å²) < 4.78 is 2.14. The van der Waals surface area contributed by atoms with Crippen LogP contribution in [0, 0.1) is 6.92 Å². The second-order valence-electron chi connectivity index (χ2n) is 6.58. The number of rotatable bonds is 5. The van der Waals surface area contributed by atoms with E-state index in [1.807, 2.05) is 19.2 Å². The Hall–Kier alpha value is -2.14. The first-order valence-electron chi connectivity index (χ1n) is 8.76. The smallest absolute Gasteiger partial charge is 0.254 e. The molecule has 1 saturated carbocycles. The number of carbonyl (C=O) groups is 1. The number of fused-ring (bicyclic) bond motifs is 1. The largest absolute Gasteiger partial charge is 0.347 e. The average Bonchev–Trinajstić information content (AvgIpc) is 2.86. The van der Waals surface area contributed by atoms with Crippen molar-refractivity contribution in [2.45, 2.75) is 45.1 Å². The molecule has 1 aliphatic rings. The Bertz CT molecular complexity index is 741. The molecule has 128 valence electrons. The lowest BCUT2D eigenvalue weighted by Gasteiger charge is -2.22. The second-order valence-corrected chi connectivity index (χ2v) is 6.58. The lowest BCUT2D eigenvalue weighted by molar-refractivity contribution is -0.120. The zero-order chi connectivity index (χ0) is 16.9. The van der Waals surface area contributed by atoms with E-state index in [1.54, 1.807) is 6.21 Å². The van der Waals surface area contributed by atoms with Gasteiger partial charge in [0.15, 0.2) is 0 Å². The van der Waals surface area contributed by atoms with Gasteiger partial charge >= 0.3 is 0 Å². The number of aryl methyl sites for hydroxylation is 1. The third kappa shape index (κ3) is 3.67. The van der Waals surface area contributed by atoms with E-state index in [0.29, 0.717) is 12.6 Å². The van der Waals surface area contributed by atoms with Crippen molar-refractivity contribution in [1.29, 1.82) is 0 Å². The highest BCUT2D eigenvalue weighted by molar-refractivity contribution is 6.01. The van der Waals surface area contributed by atoms with Crippen molar-refractivity contribution in [3.05, 3.63) is 35.5 Å². The highest BCUT2D eigenvalue weighted by Crippen LogP contribution is 2.23. The molecule has 0 atom stereocenters. The van der Waals surface area contributed by atoms with Gasteiger partial charge in [0.05, 0.1) is 12.8 Å². The molecule has 0 aliphatic heterocycles. The quantitative estimate of drug-likeness (QED) is 0.656. The molecule has 1 aromatic carbocycles. The van der Waals surface area contributed by atoms with Gasteiger partial charge in [0, 0.05) is 35.2 Å². The normalized spacial score (nSPS) is 16.1. The van der Waals surface area contributed by atoms with E-state index < -0.39 is 0 Å². The SMILES string of the molecule is Cc1c(/C=N\NC(=O)CNC2CCCCC2)c2ccccc2n1C. The topological polar surface area (TPSA) is 58.4 Å². The van der Waals surface area contributed by atoms with Gasteiger partial charge < -0.3 is 9.88 Å². The maximum Gasteiger partial charge on any atom is 0.254 e. The van der Waals surface area contributed by atoms with Crippen LogP contribution < -0.4 is 10.7 Å². The molecule has 1 heterocycles. The van der Waals surface area contributed by atoms with Crippen LogP contribution in [-0.2, 0) is 11.8 Å². The molecular weight excluding hydrogens is 300 g/mol. The van der Waals surface area contributed by atoms with Gasteiger partial charge in [-0.2, -0.15) is 5.10 Å². The highest BCUT2D eigenvalue weighted by Gasteiger charge is 2.13. The van der Waals surface area contributed by atoms with Crippen molar-refractivity contribution in [2.75, 3.05) is 6.54 Å². The summed E-state index contributed by atoms with van der Waals surface area (Å²) in [6.07, 6.45) is 7.93. The molecule has 0 unspecified atom stereocenters. The molecule has 3 rings (SSSR count). The van der Waals surface area contributed by atoms with Crippen LogP contribution in [-0.4, -0.2) is 29.3 Å². The third-order valence-corrected chi connectivity index (χ3v) is 4.99. The predicted molar refractivity (Wildman–Crippen MR) is 98.3 cm³/mol. The van der Waals surface area contributed by atoms with Crippen molar-refractivity contribution in [2.24, 2.45) is 12.1 Å². The Morgan fingerprint density at radius 1 is 1.29 bits per heavy atom. The number of nitrogens with one attached hydrogen (secondary N) is 2. The number of para-hydroxylation sites is 1. The van der Waals surface area contributed by atoms with Crippen LogP contribution in [0.4, 0.5) is 0 Å². The molecular formula is C19H26N4O. The number of hydrogen-bond acceptors (Lipinski definition) is 3. The molecule has 24 heavy (non-hydrogen) atoms. The van der Waals surface area contributed by atoms with Crippen molar-refractivity contribution < 1.29 is 4.79 Å². The van der Waals surface area contributed by atoms with Crippen molar-refractivity contribution in [3.8, 4) is 0 Å². The van der Waals surface area contributed by atoms with Crippen molar-refractivity contribution >= 4 is 23.0 Å². The molecule has 2 N–H and O–H groups in total. The predicted octanol–water partition coefficient (Wildman–Crippen LogP) is 2.86. The first-order valence-corrected chi connectivity index (χ1v) is 8.76. The Morgan fingerprint density at radius 3 is 2.83 bits per heavy atom. The van der Waals surface area contributed by atoms with Gasteiger partial charge in [-0.15, -0.1) is 0 Å². The van der Waals surface area contributed by atoms with E-state index >= 15 is 0 Å². The fourth-order valence-electron chi connectivity index (χ4n) is 3.47. The van der Waals surface area contributed by atoms with Crippen molar-refractivity contribution in [1.82, 2.24) is 15.3 Å². The fourth-order valence-corrected chi connectivity index (χ4v) is 3.47. The molecule has 1 amide bonds. The summed E-state index contributed by atoms with van der Waals surface area (Å²) >= 11 is 0. The van der Waals surface area contributed by atoms with Gasteiger partial charge in [-0.1, -0.05) is 37.5 Å². The summed E-state index contributed by atoms with van der Waals surface area (Å²) in [6.45, 7) is 2.39. The van der Waals surface area contributed by atoms with E-state index in [0.717, 1.165) is 16.6 Å². The summed E-state index contributed by atoms with van der Waals surface area (Å²) in [4.78, 5) is 11.9. The van der Waals surface area contributed by atoms with Crippen LogP contribution in [0.1, 0.15) is 43.4 Å². The van der Waals surface area contributed by atoms with Gasteiger partial charge in [0.1, 0.15) is 0 Å². The van der Waals surface area contributed by atoms with E-state index in [-0.39, 0.29) is 5.91 Å². The number of aromatic nitrogens is 1. The number of carbonyl (C=O) groups excluding carboxylic acids is 1. The van der Waals surface area contributed by atoms with Gasteiger partial charge in [-0.25, -0.2) is 5.43 Å². The molecule has 1 aromatic heterocycles. The maximum atomic E-state index is 11.9. The van der Waals surface area contributed by atoms with E-state index in [4.69, 9.17) is 0 Å². The van der Waals surface area contributed by atoms with Crippen LogP contribution >= 0.6 is 0 Å². The van der Waals surface area contributed by atoms with E-state index in [9.17, 15) is 4.79 Å². The van der Waals surface area contributed by atoms with Gasteiger partial charge in [0.2, 0.25) is 0 Å². The summed E-state index contributed by atoms with van der Waals surface area (Å²) in [5.41, 5.74) is 5.98. The number of amides is 1. The molecule has 1 aliphatic carbocycles. The Balaban J connectivity index is 1.58.